The Hall–Kier alpha value is -0.970. The summed E-state index contributed by atoms with van der Waals surface area (Å²) in [5.74, 6) is 0.990. The van der Waals surface area contributed by atoms with Gasteiger partial charge in [0, 0.05) is 25.4 Å². The van der Waals surface area contributed by atoms with Gasteiger partial charge in [-0.3, -0.25) is 0 Å². The molecule has 1 rings (SSSR count). The fraction of sp³-hybridized carbons (Fsp3) is 0.500. The molecule has 0 aromatic heterocycles. The summed E-state index contributed by atoms with van der Waals surface area (Å²) in [6.45, 7) is 1.50. The second kappa shape index (κ2) is 8.17. The van der Waals surface area contributed by atoms with Gasteiger partial charge in [-0.25, -0.2) is 0 Å². The number of aliphatic hydroxyl groups excluding tert-OH is 1. The Labute approximate surface area is 106 Å². The Morgan fingerprint density at radius 1 is 1.41 bits per heavy atom. The molecule has 0 radical (unpaired) electrons. The summed E-state index contributed by atoms with van der Waals surface area (Å²) in [4.78, 5) is 0. The van der Waals surface area contributed by atoms with Crippen LogP contribution in [0.1, 0.15) is 0 Å². The standard InChI is InChI=1S/C12H18ClNO3/c1-16-5-6-17-12-4-2-3-10(7-12)14-9-11(15)8-13/h2-4,7,11,14-15H,5-6,8-9H2,1H3. The predicted octanol–water partition coefficient (Wildman–Crippen LogP) is 1.72. The minimum atomic E-state index is -0.547. The lowest BCUT2D eigenvalue weighted by Crippen LogP contribution is -2.20. The van der Waals surface area contributed by atoms with Crippen molar-refractivity contribution in [2.75, 3.05) is 38.1 Å². The van der Waals surface area contributed by atoms with Crippen LogP contribution >= 0.6 is 11.6 Å². The van der Waals surface area contributed by atoms with Gasteiger partial charge in [-0.15, -0.1) is 11.6 Å². The monoisotopic (exact) mass is 259 g/mol. The molecule has 0 spiro atoms. The van der Waals surface area contributed by atoms with Crippen molar-refractivity contribution in [1.29, 1.82) is 0 Å². The van der Waals surface area contributed by atoms with Crippen molar-refractivity contribution in [2.24, 2.45) is 0 Å². The molecule has 1 aromatic carbocycles. The lowest BCUT2D eigenvalue weighted by molar-refractivity contribution is 0.146. The Bertz CT molecular complexity index is 322. The van der Waals surface area contributed by atoms with Crippen LogP contribution in [-0.4, -0.2) is 44.0 Å². The van der Waals surface area contributed by atoms with Gasteiger partial charge in [-0.2, -0.15) is 0 Å². The number of hydrogen-bond donors (Lipinski definition) is 2. The van der Waals surface area contributed by atoms with Gasteiger partial charge in [0.15, 0.2) is 0 Å². The summed E-state index contributed by atoms with van der Waals surface area (Å²) in [6.07, 6.45) is -0.547. The number of hydrogen-bond acceptors (Lipinski definition) is 4. The molecule has 0 heterocycles. The van der Waals surface area contributed by atoms with E-state index in [-0.39, 0.29) is 5.88 Å². The zero-order valence-electron chi connectivity index (χ0n) is 9.86. The number of halogens is 1. The van der Waals surface area contributed by atoms with Gasteiger partial charge in [0.25, 0.3) is 0 Å². The highest BCUT2D eigenvalue weighted by molar-refractivity contribution is 6.18. The number of anilines is 1. The maximum atomic E-state index is 9.32. The minimum absolute atomic E-state index is 0.219. The van der Waals surface area contributed by atoms with Crippen molar-refractivity contribution in [3.05, 3.63) is 24.3 Å². The van der Waals surface area contributed by atoms with E-state index in [0.717, 1.165) is 11.4 Å². The molecule has 0 fully saturated rings. The molecule has 5 heteroatoms. The maximum absolute atomic E-state index is 9.32. The van der Waals surface area contributed by atoms with Crippen LogP contribution in [0.2, 0.25) is 0 Å². The second-order valence-corrected chi connectivity index (χ2v) is 3.87. The van der Waals surface area contributed by atoms with Gasteiger partial charge in [0.05, 0.1) is 18.6 Å². The average Bonchev–Trinajstić information content (AvgIpc) is 2.37. The first-order valence-corrected chi connectivity index (χ1v) is 5.99. The van der Waals surface area contributed by atoms with Gasteiger partial charge in [0.2, 0.25) is 0 Å². The molecular weight excluding hydrogens is 242 g/mol. The van der Waals surface area contributed by atoms with E-state index in [1.54, 1.807) is 7.11 Å². The zero-order chi connectivity index (χ0) is 12.5. The molecule has 17 heavy (non-hydrogen) atoms. The number of nitrogens with one attached hydrogen (secondary N) is 1. The summed E-state index contributed by atoms with van der Waals surface area (Å²) in [5.41, 5.74) is 0.893. The van der Waals surface area contributed by atoms with Crippen LogP contribution in [0.15, 0.2) is 24.3 Å². The van der Waals surface area contributed by atoms with Crippen LogP contribution in [0, 0.1) is 0 Å². The van der Waals surface area contributed by atoms with E-state index < -0.39 is 6.10 Å². The summed E-state index contributed by atoms with van der Waals surface area (Å²) >= 11 is 5.51. The summed E-state index contributed by atoms with van der Waals surface area (Å²) < 4.78 is 10.4. The van der Waals surface area contributed by atoms with Gasteiger partial charge < -0.3 is 19.9 Å². The number of alkyl halides is 1. The van der Waals surface area contributed by atoms with Crippen LogP contribution in [0.4, 0.5) is 5.69 Å². The molecule has 2 N–H and O–H groups in total. The number of rotatable bonds is 8. The van der Waals surface area contributed by atoms with Crippen molar-refractivity contribution in [1.82, 2.24) is 0 Å². The van der Waals surface area contributed by atoms with Crippen molar-refractivity contribution < 1.29 is 14.6 Å². The fourth-order valence-corrected chi connectivity index (χ4v) is 1.34. The summed E-state index contributed by atoms with van der Waals surface area (Å²) in [6, 6.07) is 7.54. The highest BCUT2D eigenvalue weighted by Gasteiger charge is 2.02. The van der Waals surface area contributed by atoms with Crippen molar-refractivity contribution >= 4 is 17.3 Å². The molecule has 0 amide bonds. The fourth-order valence-electron chi connectivity index (χ4n) is 1.23. The highest BCUT2D eigenvalue weighted by Crippen LogP contribution is 2.17. The summed E-state index contributed by atoms with van der Waals surface area (Å²) in [5, 5.41) is 12.4. The van der Waals surface area contributed by atoms with Crippen LogP contribution < -0.4 is 10.1 Å². The minimum Gasteiger partial charge on any atom is -0.491 e. The second-order valence-electron chi connectivity index (χ2n) is 3.56. The van der Waals surface area contributed by atoms with E-state index in [1.807, 2.05) is 24.3 Å². The Morgan fingerprint density at radius 3 is 2.94 bits per heavy atom. The zero-order valence-corrected chi connectivity index (χ0v) is 10.6. The average molecular weight is 260 g/mol. The van der Waals surface area contributed by atoms with Gasteiger partial charge >= 0.3 is 0 Å². The highest BCUT2D eigenvalue weighted by atomic mass is 35.5. The topological polar surface area (TPSA) is 50.7 Å². The smallest absolute Gasteiger partial charge is 0.121 e. The first kappa shape index (κ1) is 14.1. The SMILES string of the molecule is COCCOc1cccc(NCC(O)CCl)c1. The number of ether oxygens (including phenoxy) is 2. The molecule has 0 aliphatic carbocycles. The summed E-state index contributed by atoms with van der Waals surface area (Å²) in [7, 11) is 1.63. The van der Waals surface area contributed by atoms with Crippen LogP contribution in [0.25, 0.3) is 0 Å². The Balaban J connectivity index is 2.42. The molecule has 96 valence electrons. The molecule has 4 nitrogen and oxygen atoms in total. The maximum Gasteiger partial charge on any atom is 0.121 e. The molecule has 0 aliphatic heterocycles. The normalized spacial score (nSPS) is 12.2. The van der Waals surface area contributed by atoms with E-state index in [4.69, 9.17) is 21.1 Å². The van der Waals surface area contributed by atoms with Crippen molar-refractivity contribution in [2.45, 2.75) is 6.10 Å². The van der Waals surface area contributed by atoms with E-state index in [2.05, 4.69) is 5.32 Å². The predicted molar refractivity (Wildman–Crippen MR) is 69.0 cm³/mol. The Kier molecular flexibility index (Phi) is 6.77. The lowest BCUT2D eigenvalue weighted by atomic mass is 10.3. The number of aliphatic hydroxyl groups is 1. The van der Waals surface area contributed by atoms with E-state index in [9.17, 15) is 5.11 Å². The first-order chi connectivity index (χ1) is 8.26. The molecule has 0 bridgehead atoms. The van der Waals surface area contributed by atoms with Crippen molar-refractivity contribution in [3.63, 3.8) is 0 Å². The third kappa shape index (κ3) is 5.77. The third-order valence-corrected chi connectivity index (χ3v) is 2.47. The number of methoxy groups -OCH3 is 1. The van der Waals surface area contributed by atoms with Gasteiger partial charge in [-0.05, 0) is 12.1 Å². The molecular formula is C12H18ClNO3. The molecule has 0 saturated heterocycles. The largest absolute Gasteiger partial charge is 0.491 e. The Morgan fingerprint density at radius 2 is 2.24 bits per heavy atom. The van der Waals surface area contributed by atoms with E-state index in [0.29, 0.717) is 19.8 Å². The number of benzene rings is 1. The molecule has 0 saturated carbocycles. The lowest BCUT2D eigenvalue weighted by Gasteiger charge is -2.11. The van der Waals surface area contributed by atoms with Crippen LogP contribution in [-0.2, 0) is 4.74 Å². The quantitative estimate of drug-likeness (QED) is 0.551. The van der Waals surface area contributed by atoms with E-state index in [1.165, 1.54) is 0 Å². The molecule has 0 aliphatic rings. The molecule has 1 unspecified atom stereocenters. The third-order valence-electron chi connectivity index (χ3n) is 2.11. The van der Waals surface area contributed by atoms with Crippen molar-refractivity contribution in [3.8, 4) is 5.75 Å². The molecule has 1 atom stereocenters. The molecule has 1 aromatic rings. The van der Waals surface area contributed by atoms with Gasteiger partial charge in [0.1, 0.15) is 12.4 Å². The van der Waals surface area contributed by atoms with Crippen LogP contribution in [0.3, 0.4) is 0 Å². The first-order valence-electron chi connectivity index (χ1n) is 5.46. The van der Waals surface area contributed by atoms with Crippen LogP contribution in [0.5, 0.6) is 5.75 Å². The van der Waals surface area contributed by atoms with E-state index >= 15 is 0 Å². The van der Waals surface area contributed by atoms with Gasteiger partial charge in [-0.1, -0.05) is 6.07 Å².